The number of para-hydroxylation sites is 1. The Morgan fingerprint density at radius 2 is 1.87 bits per heavy atom. The number of anilines is 1. The van der Waals surface area contributed by atoms with Crippen molar-refractivity contribution in [1.82, 2.24) is 0 Å². The van der Waals surface area contributed by atoms with Crippen LogP contribution in [0.15, 0.2) is 63.7 Å². The summed E-state index contributed by atoms with van der Waals surface area (Å²) < 4.78 is 16.1. The van der Waals surface area contributed by atoms with Gasteiger partial charge in [-0.2, -0.15) is 0 Å². The minimum Gasteiger partial charge on any atom is -0.493 e. The number of fused-ring (bicyclic) bond motifs is 1. The van der Waals surface area contributed by atoms with Gasteiger partial charge >= 0.3 is 5.97 Å². The second-order valence-corrected chi connectivity index (χ2v) is 7.54. The van der Waals surface area contributed by atoms with Crippen molar-refractivity contribution >= 4 is 34.4 Å². The molecular formula is C22H21N3O4S. The fraction of sp³-hybridized carbons (Fsp3) is 0.227. The van der Waals surface area contributed by atoms with Crippen LogP contribution < -0.4 is 14.5 Å². The number of carbonyl (C=O) groups is 1. The zero-order valence-corrected chi connectivity index (χ0v) is 17.7. The van der Waals surface area contributed by atoms with Gasteiger partial charge in [0, 0.05) is 19.0 Å². The van der Waals surface area contributed by atoms with Gasteiger partial charge < -0.3 is 14.2 Å². The Kier molecular flexibility index (Phi) is 5.76. The predicted molar refractivity (Wildman–Crippen MR) is 118 cm³/mol. The number of thioether (sulfide) groups is 1. The van der Waals surface area contributed by atoms with Crippen LogP contribution in [-0.4, -0.2) is 37.7 Å². The number of methoxy groups -OCH3 is 2. The maximum atomic E-state index is 11.4. The molecule has 8 heteroatoms. The van der Waals surface area contributed by atoms with E-state index in [1.54, 1.807) is 19.2 Å². The molecule has 2 aliphatic rings. The van der Waals surface area contributed by atoms with Crippen molar-refractivity contribution in [1.29, 1.82) is 0 Å². The van der Waals surface area contributed by atoms with E-state index in [1.165, 1.54) is 18.7 Å². The van der Waals surface area contributed by atoms with Crippen LogP contribution >= 0.6 is 11.8 Å². The third-order valence-corrected chi connectivity index (χ3v) is 5.46. The number of hydrazone groups is 1. The Morgan fingerprint density at radius 1 is 1.13 bits per heavy atom. The van der Waals surface area contributed by atoms with Gasteiger partial charge in [-0.05, 0) is 54.1 Å². The van der Waals surface area contributed by atoms with E-state index in [-0.39, 0.29) is 5.23 Å². The molecule has 0 fully saturated rings. The molecule has 154 valence electrons. The number of rotatable bonds is 4. The fourth-order valence-electron chi connectivity index (χ4n) is 3.28. The van der Waals surface area contributed by atoms with Crippen LogP contribution in [0.3, 0.4) is 0 Å². The molecule has 2 heterocycles. The van der Waals surface area contributed by atoms with E-state index < -0.39 is 5.97 Å². The number of hydrogen-bond acceptors (Lipinski definition) is 8. The van der Waals surface area contributed by atoms with Gasteiger partial charge in [0.25, 0.3) is 5.23 Å². The highest BCUT2D eigenvalue weighted by Gasteiger charge is 2.27. The average Bonchev–Trinajstić information content (AvgIpc) is 3.15. The first kappa shape index (κ1) is 20.0. The Balaban J connectivity index is 1.73. The highest BCUT2D eigenvalue weighted by atomic mass is 32.2. The molecule has 0 saturated carbocycles. The Morgan fingerprint density at radius 3 is 2.57 bits per heavy atom. The van der Waals surface area contributed by atoms with Gasteiger partial charge in [-0.1, -0.05) is 18.2 Å². The number of aliphatic imine (C=N–C) groups is 1. The van der Waals surface area contributed by atoms with Gasteiger partial charge in [0.2, 0.25) is 0 Å². The largest absolute Gasteiger partial charge is 0.493 e. The van der Waals surface area contributed by atoms with Gasteiger partial charge in [0.05, 0.1) is 25.6 Å². The van der Waals surface area contributed by atoms with Crippen LogP contribution in [0.4, 0.5) is 5.69 Å². The van der Waals surface area contributed by atoms with Gasteiger partial charge in [-0.3, -0.25) is 9.79 Å². The number of esters is 1. The van der Waals surface area contributed by atoms with Crippen molar-refractivity contribution in [3.05, 3.63) is 64.7 Å². The summed E-state index contributed by atoms with van der Waals surface area (Å²) in [5, 5.41) is 7.28. The molecule has 0 aromatic heterocycles. The molecule has 0 amide bonds. The molecule has 0 spiro atoms. The number of allylic oxidation sites excluding steroid dienone is 1. The van der Waals surface area contributed by atoms with Crippen LogP contribution in [0.5, 0.6) is 11.5 Å². The monoisotopic (exact) mass is 423 g/mol. The first-order valence-electron chi connectivity index (χ1n) is 9.40. The lowest BCUT2D eigenvalue weighted by molar-refractivity contribution is -0.132. The van der Waals surface area contributed by atoms with Gasteiger partial charge in [-0.15, -0.1) is 5.10 Å². The molecule has 0 N–H and O–H groups in total. The maximum absolute atomic E-state index is 11.4. The van der Waals surface area contributed by atoms with Crippen molar-refractivity contribution in [2.24, 2.45) is 10.1 Å². The zero-order chi connectivity index (χ0) is 21.1. The summed E-state index contributed by atoms with van der Waals surface area (Å²) in [6.45, 7) is 2.04. The molecular weight excluding hydrogens is 402 g/mol. The predicted octanol–water partition coefficient (Wildman–Crippen LogP) is 3.98. The number of carbonyl (C=O) groups excluding carboxylic acids is 1. The smallest absolute Gasteiger partial charge is 0.309 e. The highest BCUT2D eigenvalue weighted by molar-refractivity contribution is 8.17. The number of benzene rings is 2. The SMILES string of the molecule is COc1cc2c(cc1OC)C(C=C1SC(OC(C)=O)=NN1c1ccccc1)=NCC2. The first-order chi connectivity index (χ1) is 14.6. The molecule has 0 atom stereocenters. The molecule has 0 aliphatic carbocycles. The molecule has 2 aliphatic heterocycles. The van der Waals surface area contributed by atoms with Crippen molar-refractivity contribution in [2.75, 3.05) is 25.8 Å². The summed E-state index contributed by atoms with van der Waals surface area (Å²) in [6, 6.07) is 13.6. The van der Waals surface area contributed by atoms with Gasteiger partial charge in [0.1, 0.15) is 5.03 Å². The van der Waals surface area contributed by atoms with E-state index in [1.807, 2.05) is 48.5 Å². The Labute approximate surface area is 179 Å². The van der Waals surface area contributed by atoms with E-state index in [4.69, 9.17) is 19.2 Å². The fourth-order valence-corrected chi connectivity index (χ4v) is 4.15. The Bertz CT molecular complexity index is 1060. The summed E-state index contributed by atoms with van der Waals surface area (Å²) in [5.41, 5.74) is 3.81. The Hall–Kier alpha value is -3.26. The van der Waals surface area contributed by atoms with Crippen molar-refractivity contribution < 1.29 is 19.0 Å². The highest BCUT2D eigenvalue weighted by Crippen LogP contribution is 2.37. The van der Waals surface area contributed by atoms with Crippen molar-refractivity contribution in [2.45, 2.75) is 13.3 Å². The molecule has 30 heavy (non-hydrogen) atoms. The van der Waals surface area contributed by atoms with Crippen LogP contribution in [0.1, 0.15) is 18.1 Å². The summed E-state index contributed by atoms with van der Waals surface area (Å²) >= 11 is 1.29. The lowest BCUT2D eigenvalue weighted by Gasteiger charge is -2.20. The number of ether oxygens (including phenoxy) is 3. The lowest BCUT2D eigenvalue weighted by atomic mass is 9.96. The summed E-state index contributed by atoms with van der Waals surface area (Å²) in [4.78, 5) is 16.2. The van der Waals surface area contributed by atoms with Crippen LogP contribution in [-0.2, 0) is 16.0 Å². The lowest BCUT2D eigenvalue weighted by Crippen LogP contribution is -2.15. The topological polar surface area (TPSA) is 72.7 Å². The third kappa shape index (κ3) is 4.04. The molecule has 7 nitrogen and oxygen atoms in total. The summed E-state index contributed by atoms with van der Waals surface area (Å²) in [5.74, 6) is 0.944. The first-order valence-corrected chi connectivity index (χ1v) is 10.2. The molecule has 0 bridgehead atoms. The third-order valence-electron chi connectivity index (χ3n) is 4.62. The second kappa shape index (κ2) is 8.62. The molecule has 0 radical (unpaired) electrons. The van der Waals surface area contributed by atoms with E-state index in [9.17, 15) is 4.79 Å². The summed E-state index contributed by atoms with van der Waals surface area (Å²) in [7, 11) is 3.25. The van der Waals surface area contributed by atoms with Crippen LogP contribution in [0.25, 0.3) is 0 Å². The minimum absolute atomic E-state index is 0.279. The van der Waals surface area contributed by atoms with Crippen LogP contribution in [0, 0.1) is 0 Å². The number of hydrogen-bond donors (Lipinski definition) is 0. The number of nitrogens with zero attached hydrogens (tertiary/aromatic N) is 3. The molecule has 0 unspecified atom stereocenters. The van der Waals surface area contributed by atoms with Gasteiger partial charge in [0.15, 0.2) is 11.5 Å². The van der Waals surface area contributed by atoms with E-state index in [2.05, 4.69) is 5.10 Å². The van der Waals surface area contributed by atoms with Crippen molar-refractivity contribution in [3.8, 4) is 11.5 Å². The standard InChI is InChI=1S/C22H21N3O4S/c1-14(26)29-22-24-25(16-7-5-4-6-8-16)21(30-22)13-18-17-12-20(28-3)19(27-2)11-15(17)9-10-23-18/h4-8,11-13H,9-10H2,1-3H3. The molecule has 2 aromatic carbocycles. The summed E-state index contributed by atoms with van der Waals surface area (Å²) in [6.07, 6.45) is 2.79. The van der Waals surface area contributed by atoms with Crippen molar-refractivity contribution in [3.63, 3.8) is 0 Å². The van der Waals surface area contributed by atoms with Gasteiger partial charge in [-0.25, -0.2) is 5.01 Å². The van der Waals surface area contributed by atoms with E-state index in [0.717, 1.165) is 34.0 Å². The average molecular weight is 423 g/mol. The minimum atomic E-state index is -0.410. The zero-order valence-electron chi connectivity index (χ0n) is 16.9. The quantitative estimate of drug-likeness (QED) is 0.693. The molecule has 2 aromatic rings. The van der Waals surface area contributed by atoms with E-state index >= 15 is 0 Å². The molecule has 4 rings (SSSR count). The maximum Gasteiger partial charge on any atom is 0.309 e. The van der Waals surface area contributed by atoms with Crippen LogP contribution in [0.2, 0.25) is 0 Å². The normalized spacial score (nSPS) is 16.6. The molecule has 0 saturated heterocycles. The van der Waals surface area contributed by atoms with E-state index in [0.29, 0.717) is 18.0 Å². The second-order valence-electron chi connectivity index (χ2n) is 6.57.